The molecule has 0 amide bonds. The van der Waals surface area contributed by atoms with Gasteiger partial charge in [0.1, 0.15) is 5.69 Å². The lowest BCUT2D eigenvalue weighted by atomic mass is 10.2. The fraction of sp³-hybridized carbons (Fsp3) is 0.444. The Morgan fingerprint density at radius 2 is 2.29 bits per heavy atom. The van der Waals surface area contributed by atoms with E-state index in [2.05, 4.69) is 9.97 Å². The number of carbonyl (C=O) groups excluding carboxylic acids is 1. The first-order valence-corrected chi connectivity index (χ1v) is 4.31. The van der Waals surface area contributed by atoms with Crippen LogP contribution in [0.3, 0.4) is 0 Å². The third-order valence-electron chi connectivity index (χ3n) is 1.42. The van der Waals surface area contributed by atoms with Gasteiger partial charge in [0.2, 0.25) is 0 Å². The van der Waals surface area contributed by atoms with E-state index in [1.807, 2.05) is 13.8 Å². The Balaban J connectivity index is 2.65. The van der Waals surface area contributed by atoms with Gasteiger partial charge in [0.05, 0.1) is 19.0 Å². The summed E-state index contributed by atoms with van der Waals surface area (Å²) in [6.07, 6.45) is 2.36. The first-order valence-electron chi connectivity index (χ1n) is 4.31. The largest absolute Gasteiger partial charge is 0.461 e. The highest BCUT2D eigenvalue weighted by Gasteiger charge is 2.08. The minimum atomic E-state index is -0.552. The van der Waals surface area contributed by atoms with E-state index in [0.717, 1.165) is 6.20 Å². The van der Waals surface area contributed by atoms with Gasteiger partial charge >= 0.3 is 5.97 Å². The smallest absolute Gasteiger partial charge is 0.356 e. The maximum Gasteiger partial charge on any atom is 0.356 e. The predicted octanol–water partition coefficient (Wildman–Crippen LogP) is 0.583. The van der Waals surface area contributed by atoms with Gasteiger partial charge in [-0.05, 0) is 5.92 Å². The summed E-state index contributed by atoms with van der Waals surface area (Å²) in [5.41, 5.74) is -0.331. The van der Waals surface area contributed by atoms with E-state index in [1.54, 1.807) is 0 Å². The van der Waals surface area contributed by atoms with Gasteiger partial charge in [0.25, 0.3) is 5.56 Å². The minimum Gasteiger partial charge on any atom is -0.461 e. The SMILES string of the molecule is CC(C)COC(=O)c1cncc(=O)[nH]1. The number of esters is 1. The normalized spacial score (nSPS) is 10.2. The number of carbonyl (C=O) groups is 1. The molecule has 0 saturated carbocycles. The average Bonchev–Trinajstić information content (AvgIpc) is 2.14. The van der Waals surface area contributed by atoms with E-state index in [9.17, 15) is 9.59 Å². The standard InChI is InChI=1S/C9H12N2O3/c1-6(2)5-14-9(13)7-3-10-4-8(12)11-7/h3-4,6H,5H2,1-2H3,(H,11,12). The summed E-state index contributed by atoms with van der Waals surface area (Å²) in [5.74, 6) is -0.286. The van der Waals surface area contributed by atoms with Crippen LogP contribution in [-0.2, 0) is 4.74 Å². The van der Waals surface area contributed by atoms with Crippen molar-refractivity contribution in [3.05, 3.63) is 28.4 Å². The fourth-order valence-corrected chi connectivity index (χ4v) is 0.801. The number of nitrogens with one attached hydrogen (secondary N) is 1. The minimum absolute atomic E-state index is 0.0816. The van der Waals surface area contributed by atoms with Gasteiger partial charge < -0.3 is 9.72 Å². The van der Waals surface area contributed by atoms with Gasteiger partial charge in [-0.3, -0.25) is 9.78 Å². The maximum absolute atomic E-state index is 11.3. The molecule has 5 nitrogen and oxygen atoms in total. The molecule has 0 bridgehead atoms. The molecule has 0 unspecified atom stereocenters. The summed E-state index contributed by atoms with van der Waals surface area (Å²) in [7, 11) is 0. The third kappa shape index (κ3) is 3.01. The van der Waals surface area contributed by atoms with Crippen molar-refractivity contribution in [3.8, 4) is 0 Å². The number of ether oxygens (including phenoxy) is 1. The van der Waals surface area contributed by atoms with Crippen molar-refractivity contribution in [3.63, 3.8) is 0 Å². The molecular weight excluding hydrogens is 184 g/mol. The van der Waals surface area contributed by atoms with Crippen LogP contribution in [0.5, 0.6) is 0 Å². The molecular formula is C9H12N2O3. The summed E-state index contributed by atoms with van der Waals surface area (Å²) in [4.78, 5) is 28.0. The summed E-state index contributed by atoms with van der Waals surface area (Å²) >= 11 is 0. The Bertz CT molecular complexity index is 370. The van der Waals surface area contributed by atoms with E-state index in [0.29, 0.717) is 6.61 Å². The van der Waals surface area contributed by atoms with Gasteiger partial charge in [-0.2, -0.15) is 0 Å². The zero-order chi connectivity index (χ0) is 10.6. The quantitative estimate of drug-likeness (QED) is 0.718. The molecule has 0 saturated heterocycles. The first-order chi connectivity index (χ1) is 6.59. The summed E-state index contributed by atoms with van der Waals surface area (Å²) in [6, 6.07) is 0. The van der Waals surface area contributed by atoms with Crippen LogP contribution in [0.25, 0.3) is 0 Å². The van der Waals surface area contributed by atoms with Crippen LogP contribution in [0.2, 0.25) is 0 Å². The van der Waals surface area contributed by atoms with E-state index in [4.69, 9.17) is 4.74 Å². The van der Waals surface area contributed by atoms with Crippen molar-refractivity contribution in [1.82, 2.24) is 9.97 Å². The third-order valence-corrected chi connectivity index (χ3v) is 1.42. The lowest BCUT2D eigenvalue weighted by Crippen LogP contribution is -2.16. The van der Waals surface area contributed by atoms with Crippen LogP contribution in [0.1, 0.15) is 24.3 Å². The van der Waals surface area contributed by atoms with Crippen molar-refractivity contribution in [1.29, 1.82) is 0 Å². The van der Waals surface area contributed by atoms with E-state index in [-0.39, 0.29) is 11.6 Å². The molecule has 0 aliphatic rings. The fourth-order valence-electron chi connectivity index (χ4n) is 0.801. The zero-order valence-electron chi connectivity index (χ0n) is 8.11. The van der Waals surface area contributed by atoms with Crippen LogP contribution in [-0.4, -0.2) is 22.5 Å². The van der Waals surface area contributed by atoms with Gasteiger partial charge in [-0.25, -0.2) is 4.79 Å². The Kier molecular flexibility index (Phi) is 3.39. The van der Waals surface area contributed by atoms with Crippen LogP contribution in [0.4, 0.5) is 0 Å². The maximum atomic E-state index is 11.3. The van der Waals surface area contributed by atoms with Crippen LogP contribution in [0, 0.1) is 5.92 Å². The summed E-state index contributed by atoms with van der Waals surface area (Å²) in [5, 5.41) is 0. The molecule has 76 valence electrons. The predicted molar refractivity (Wildman–Crippen MR) is 50.0 cm³/mol. The molecule has 1 rings (SSSR count). The van der Waals surface area contributed by atoms with Crippen molar-refractivity contribution in [2.45, 2.75) is 13.8 Å². The van der Waals surface area contributed by atoms with Crippen molar-refractivity contribution in [2.75, 3.05) is 6.61 Å². The second-order valence-electron chi connectivity index (χ2n) is 3.30. The van der Waals surface area contributed by atoms with Crippen molar-refractivity contribution in [2.24, 2.45) is 5.92 Å². The molecule has 1 heterocycles. The van der Waals surface area contributed by atoms with Gasteiger partial charge in [0, 0.05) is 0 Å². The number of aromatic amines is 1. The molecule has 0 fully saturated rings. The van der Waals surface area contributed by atoms with Crippen LogP contribution < -0.4 is 5.56 Å². The second-order valence-corrected chi connectivity index (χ2v) is 3.30. The molecule has 5 heteroatoms. The Hall–Kier alpha value is -1.65. The molecule has 1 aromatic heterocycles. The highest BCUT2D eigenvalue weighted by atomic mass is 16.5. The molecule has 0 aliphatic heterocycles. The van der Waals surface area contributed by atoms with Gasteiger partial charge in [0.15, 0.2) is 0 Å². The van der Waals surface area contributed by atoms with Crippen molar-refractivity contribution < 1.29 is 9.53 Å². The summed E-state index contributed by atoms with van der Waals surface area (Å²) in [6.45, 7) is 4.19. The molecule has 0 aromatic carbocycles. The Morgan fingerprint density at radius 1 is 1.57 bits per heavy atom. The van der Waals surface area contributed by atoms with E-state index in [1.165, 1.54) is 6.20 Å². The van der Waals surface area contributed by atoms with Crippen molar-refractivity contribution >= 4 is 5.97 Å². The number of nitrogens with zero attached hydrogens (tertiary/aromatic N) is 1. The second kappa shape index (κ2) is 4.55. The highest BCUT2D eigenvalue weighted by Crippen LogP contribution is 1.97. The highest BCUT2D eigenvalue weighted by molar-refractivity contribution is 5.86. The van der Waals surface area contributed by atoms with Crippen LogP contribution >= 0.6 is 0 Å². The van der Waals surface area contributed by atoms with E-state index >= 15 is 0 Å². The molecule has 0 aliphatic carbocycles. The Morgan fingerprint density at radius 3 is 2.86 bits per heavy atom. The van der Waals surface area contributed by atoms with Gasteiger partial charge in [-0.1, -0.05) is 13.8 Å². The molecule has 0 atom stereocenters. The molecule has 14 heavy (non-hydrogen) atoms. The number of aromatic nitrogens is 2. The summed E-state index contributed by atoms with van der Waals surface area (Å²) < 4.78 is 4.90. The lowest BCUT2D eigenvalue weighted by molar-refractivity contribution is 0.0451. The molecule has 0 spiro atoms. The molecule has 0 radical (unpaired) electrons. The van der Waals surface area contributed by atoms with Gasteiger partial charge in [-0.15, -0.1) is 0 Å². The Labute approximate surface area is 81.1 Å². The van der Waals surface area contributed by atoms with Crippen LogP contribution in [0.15, 0.2) is 17.2 Å². The van der Waals surface area contributed by atoms with E-state index < -0.39 is 11.5 Å². The number of hydrogen-bond acceptors (Lipinski definition) is 4. The topological polar surface area (TPSA) is 72.0 Å². The first kappa shape index (κ1) is 10.4. The molecule has 1 N–H and O–H groups in total. The number of rotatable bonds is 3. The lowest BCUT2D eigenvalue weighted by Gasteiger charge is -2.05. The average molecular weight is 196 g/mol. The number of hydrogen-bond donors (Lipinski definition) is 1. The molecule has 1 aromatic rings. The number of H-pyrrole nitrogens is 1. The monoisotopic (exact) mass is 196 g/mol. The zero-order valence-corrected chi connectivity index (χ0v) is 8.11.